The number of phenols is 1. The minimum atomic E-state index is -0.545. The van der Waals surface area contributed by atoms with Crippen molar-refractivity contribution in [3.05, 3.63) is 29.6 Å². The maximum atomic E-state index is 12.6. The highest BCUT2D eigenvalue weighted by Gasteiger charge is 1.99. The minimum absolute atomic E-state index is 0.283. The molecule has 1 rings (SSSR count). The number of phenolic OH excluding ortho intramolecular Hbond substituents is 1. The Morgan fingerprint density at radius 2 is 2.27 bits per heavy atom. The molecule has 0 heterocycles. The van der Waals surface area contributed by atoms with Crippen molar-refractivity contribution in [1.82, 2.24) is 0 Å². The second-order valence-corrected chi connectivity index (χ2v) is 3.08. The molecule has 0 aromatic heterocycles. The summed E-state index contributed by atoms with van der Waals surface area (Å²) in [5, 5.41) is 8.83. The van der Waals surface area contributed by atoms with Crippen LogP contribution in [0.5, 0.6) is 5.75 Å². The predicted octanol–water partition coefficient (Wildman–Crippen LogP) is 2.39. The largest absolute Gasteiger partial charge is 0.505 e. The zero-order chi connectivity index (χ0) is 8.27. The lowest BCUT2D eigenvalue weighted by Gasteiger charge is -1.99. The molecule has 0 amide bonds. The van der Waals surface area contributed by atoms with Gasteiger partial charge in [0.2, 0.25) is 0 Å². The van der Waals surface area contributed by atoms with Gasteiger partial charge in [0.15, 0.2) is 11.6 Å². The lowest BCUT2D eigenvalue weighted by molar-refractivity contribution is 0.432. The van der Waals surface area contributed by atoms with Gasteiger partial charge in [0.1, 0.15) is 0 Å². The fourth-order valence-corrected chi connectivity index (χ4v) is 1.32. The van der Waals surface area contributed by atoms with Gasteiger partial charge in [-0.3, -0.25) is 0 Å². The number of benzene rings is 1. The van der Waals surface area contributed by atoms with E-state index < -0.39 is 5.82 Å². The first kappa shape index (κ1) is 8.40. The lowest BCUT2D eigenvalue weighted by Crippen LogP contribution is -1.82. The van der Waals surface area contributed by atoms with Crippen molar-refractivity contribution in [2.24, 2.45) is 0 Å². The van der Waals surface area contributed by atoms with E-state index in [0.717, 1.165) is 11.3 Å². The van der Waals surface area contributed by atoms with Gasteiger partial charge >= 0.3 is 0 Å². The topological polar surface area (TPSA) is 20.2 Å². The maximum absolute atomic E-state index is 12.6. The van der Waals surface area contributed by atoms with Crippen LogP contribution in [-0.2, 0) is 5.75 Å². The summed E-state index contributed by atoms with van der Waals surface area (Å²) >= 11 is 1.62. The van der Waals surface area contributed by atoms with Crippen LogP contribution in [0.4, 0.5) is 4.39 Å². The Kier molecular flexibility index (Phi) is 2.76. The SMILES string of the molecule is CSCc1ccc(O)c(F)c1. The molecule has 1 N–H and O–H groups in total. The van der Waals surface area contributed by atoms with Crippen LogP contribution in [0, 0.1) is 5.82 Å². The van der Waals surface area contributed by atoms with Gasteiger partial charge in [-0.2, -0.15) is 11.8 Å². The molecule has 0 aliphatic heterocycles. The molecule has 0 aliphatic carbocycles. The van der Waals surface area contributed by atoms with E-state index in [0.29, 0.717) is 0 Å². The molecule has 60 valence electrons. The van der Waals surface area contributed by atoms with Gasteiger partial charge < -0.3 is 5.11 Å². The van der Waals surface area contributed by atoms with E-state index in [1.807, 2.05) is 6.26 Å². The Morgan fingerprint density at radius 1 is 1.55 bits per heavy atom. The van der Waals surface area contributed by atoms with E-state index in [1.165, 1.54) is 12.1 Å². The molecule has 0 bridgehead atoms. The van der Waals surface area contributed by atoms with Crippen molar-refractivity contribution in [3.8, 4) is 5.75 Å². The molecule has 0 saturated heterocycles. The summed E-state index contributed by atoms with van der Waals surface area (Å²) in [5.74, 6) is -0.0524. The van der Waals surface area contributed by atoms with E-state index in [2.05, 4.69) is 0 Å². The van der Waals surface area contributed by atoms with E-state index in [4.69, 9.17) is 5.11 Å². The lowest BCUT2D eigenvalue weighted by atomic mass is 10.2. The summed E-state index contributed by atoms with van der Waals surface area (Å²) in [6, 6.07) is 4.45. The number of halogens is 1. The van der Waals surface area contributed by atoms with Crippen LogP contribution in [0.15, 0.2) is 18.2 Å². The highest BCUT2D eigenvalue weighted by atomic mass is 32.2. The second-order valence-electron chi connectivity index (χ2n) is 2.22. The summed E-state index contributed by atoms with van der Waals surface area (Å²) in [7, 11) is 0. The number of aromatic hydroxyl groups is 1. The number of hydrogen-bond acceptors (Lipinski definition) is 2. The number of thioether (sulfide) groups is 1. The maximum Gasteiger partial charge on any atom is 0.165 e. The molecule has 0 aliphatic rings. The third kappa shape index (κ3) is 2.12. The van der Waals surface area contributed by atoms with Crippen LogP contribution >= 0.6 is 11.8 Å². The molecular formula is C8H9FOS. The van der Waals surface area contributed by atoms with Gasteiger partial charge in [-0.15, -0.1) is 0 Å². The number of rotatable bonds is 2. The van der Waals surface area contributed by atoms with Crippen molar-refractivity contribution in [1.29, 1.82) is 0 Å². The third-order valence-electron chi connectivity index (χ3n) is 1.32. The highest BCUT2D eigenvalue weighted by Crippen LogP contribution is 2.18. The molecule has 0 atom stereocenters. The van der Waals surface area contributed by atoms with Crippen molar-refractivity contribution in [3.63, 3.8) is 0 Å². The van der Waals surface area contributed by atoms with Crippen LogP contribution in [0.2, 0.25) is 0 Å². The van der Waals surface area contributed by atoms with Gasteiger partial charge in [0.05, 0.1) is 0 Å². The molecule has 0 fully saturated rings. The Morgan fingerprint density at radius 3 is 2.82 bits per heavy atom. The van der Waals surface area contributed by atoms with Crippen molar-refractivity contribution in [2.45, 2.75) is 5.75 Å². The summed E-state index contributed by atoms with van der Waals surface area (Å²) in [5.41, 5.74) is 0.896. The van der Waals surface area contributed by atoms with E-state index in [-0.39, 0.29) is 5.75 Å². The van der Waals surface area contributed by atoms with Crippen LogP contribution < -0.4 is 0 Å². The van der Waals surface area contributed by atoms with Gasteiger partial charge in [-0.25, -0.2) is 4.39 Å². The zero-order valence-corrected chi connectivity index (χ0v) is 6.99. The summed E-state index contributed by atoms with van der Waals surface area (Å²) < 4.78 is 12.6. The summed E-state index contributed by atoms with van der Waals surface area (Å²) in [6.07, 6.45) is 1.95. The molecule has 0 radical (unpaired) electrons. The van der Waals surface area contributed by atoms with Crippen LogP contribution in [-0.4, -0.2) is 11.4 Å². The van der Waals surface area contributed by atoms with Gasteiger partial charge in [-0.05, 0) is 24.0 Å². The fourth-order valence-electron chi connectivity index (χ4n) is 0.807. The van der Waals surface area contributed by atoms with Crippen LogP contribution in [0.1, 0.15) is 5.56 Å². The van der Waals surface area contributed by atoms with Crippen LogP contribution in [0.3, 0.4) is 0 Å². The minimum Gasteiger partial charge on any atom is -0.505 e. The number of hydrogen-bond donors (Lipinski definition) is 1. The standard InChI is InChI=1S/C8H9FOS/c1-11-5-6-2-3-8(10)7(9)4-6/h2-4,10H,5H2,1H3. The first-order valence-electron chi connectivity index (χ1n) is 3.20. The quantitative estimate of drug-likeness (QED) is 0.739. The summed E-state index contributed by atoms with van der Waals surface area (Å²) in [6.45, 7) is 0. The molecule has 0 unspecified atom stereocenters. The average Bonchev–Trinajstić information content (AvgIpc) is 1.98. The smallest absolute Gasteiger partial charge is 0.165 e. The Labute approximate surface area is 69.2 Å². The molecule has 11 heavy (non-hydrogen) atoms. The first-order valence-corrected chi connectivity index (χ1v) is 4.59. The monoisotopic (exact) mass is 172 g/mol. The van der Waals surface area contributed by atoms with Crippen LogP contribution in [0.25, 0.3) is 0 Å². The average molecular weight is 172 g/mol. The Bertz CT molecular complexity index is 250. The van der Waals surface area contributed by atoms with Crippen molar-refractivity contribution >= 4 is 11.8 Å². The molecular weight excluding hydrogens is 163 g/mol. The zero-order valence-electron chi connectivity index (χ0n) is 6.17. The molecule has 0 spiro atoms. The first-order chi connectivity index (χ1) is 5.24. The molecule has 1 nitrogen and oxygen atoms in total. The predicted molar refractivity (Wildman–Crippen MR) is 45.3 cm³/mol. The van der Waals surface area contributed by atoms with Gasteiger partial charge in [0, 0.05) is 5.75 Å². The normalized spacial score (nSPS) is 10.0. The van der Waals surface area contributed by atoms with E-state index in [1.54, 1.807) is 17.8 Å². The van der Waals surface area contributed by atoms with E-state index in [9.17, 15) is 4.39 Å². The Balaban J connectivity index is 2.86. The molecule has 0 saturated carbocycles. The molecule has 1 aromatic carbocycles. The van der Waals surface area contributed by atoms with Crippen molar-refractivity contribution < 1.29 is 9.50 Å². The molecule has 1 aromatic rings. The van der Waals surface area contributed by atoms with E-state index >= 15 is 0 Å². The fraction of sp³-hybridized carbons (Fsp3) is 0.250. The van der Waals surface area contributed by atoms with Gasteiger partial charge in [-0.1, -0.05) is 6.07 Å². The Hall–Kier alpha value is -0.700. The molecule has 3 heteroatoms. The third-order valence-corrected chi connectivity index (χ3v) is 1.95. The van der Waals surface area contributed by atoms with Gasteiger partial charge in [0.25, 0.3) is 0 Å². The van der Waals surface area contributed by atoms with Crippen molar-refractivity contribution in [2.75, 3.05) is 6.26 Å². The summed E-state index contributed by atoms with van der Waals surface area (Å²) in [4.78, 5) is 0. The highest BCUT2D eigenvalue weighted by molar-refractivity contribution is 7.97. The second kappa shape index (κ2) is 3.62.